The van der Waals surface area contributed by atoms with Crippen LogP contribution in [0.25, 0.3) is 0 Å². The van der Waals surface area contributed by atoms with Gasteiger partial charge in [0.05, 0.1) is 0 Å². The first-order chi connectivity index (χ1) is 11.0. The van der Waals surface area contributed by atoms with Gasteiger partial charge in [-0.3, -0.25) is 4.79 Å². The summed E-state index contributed by atoms with van der Waals surface area (Å²) in [5, 5.41) is 0. The number of nitrogens with zero attached hydrogens (tertiary/aromatic N) is 1. The molecule has 0 spiro atoms. The smallest absolute Gasteiger partial charge is 0.410 e. The Hall–Kier alpha value is -1.26. The number of carbonyl (C=O) groups excluding carboxylic acids is 2. The van der Waals surface area contributed by atoms with E-state index in [0.717, 1.165) is 18.4 Å². The molecule has 2 aliphatic rings. The van der Waals surface area contributed by atoms with E-state index in [0.29, 0.717) is 25.4 Å². The summed E-state index contributed by atoms with van der Waals surface area (Å²) in [4.78, 5) is 25.3. The van der Waals surface area contributed by atoms with E-state index >= 15 is 0 Å². The minimum Gasteiger partial charge on any atom is -0.445 e. The van der Waals surface area contributed by atoms with Crippen molar-refractivity contribution in [2.75, 3.05) is 13.1 Å². The van der Waals surface area contributed by atoms with Crippen LogP contribution in [0.15, 0.2) is 30.3 Å². The monoisotopic (exact) mass is 355 g/mol. The van der Waals surface area contributed by atoms with Gasteiger partial charge in [-0.15, -0.1) is 0 Å². The van der Waals surface area contributed by atoms with Crippen molar-refractivity contribution in [2.45, 2.75) is 30.2 Å². The van der Waals surface area contributed by atoms with Crippen molar-refractivity contribution < 1.29 is 14.3 Å². The van der Waals surface area contributed by atoms with Gasteiger partial charge in [-0.05, 0) is 24.3 Å². The molecule has 1 saturated carbocycles. The molecule has 1 aliphatic heterocycles. The predicted molar refractivity (Wildman–Crippen MR) is 88.5 cm³/mol. The van der Waals surface area contributed by atoms with Crippen LogP contribution >= 0.6 is 23.2 Å². The van der Waals surface area contributed by atoms with E-state index in [1.54, 1.807) is 4.90 Å². The van der Waals surface area contributed by atoms with E-state index in [1.165, 1.54) is 0 Å². The third-order valence-corrected chi connectivity index (χ3v) is 5.80. The van der Waals surface area contributed by atoms with Crippen LogP contribution in [0.5, 0.6) is 0 Å². The highest BCUT2D eigenvalue weighted by Crippen LogP contribution is 2.50. The summed E-state index contributed by atoms with van der Waals surface area (Å²) in [6, 6.07) is 9.61. The van der Waals surface area contributed by atoms with Gasteiger partial charge in [0.1, 0.15) is 6.61 Å². The Labute approximate surface area is 145 Å². The van der Waals surface area contributed by atoms with Crippen molar-refractivity contribution >= 4 is 35.1 Å². The molecule has 0 bridgehead atoms. The summed E-state index contributed by atoms with van der Waals surface area (Å²) in [7, 11) is 0. The zero-order chi connectivity index (χ0) is 16.4. The predicted octanol–water partition coefficient (Wildman–Crippen LogP) is 3.80. The van der Waals surface area contributed by atoms with Gasteiger partial charge >= 0.3 is 6.09 Å². The van der Waals surface area contributed by atoms with E-state index in [-0.39, 0.29) is 24.4 Å². The maximum absolute atomic E-state index is 12.1. The second-order valence-electron chi connectivity index (χ2n) is 6.22. The van der Waals surface area contributed by atoms with Gasteiger partial charge in [-0.25, -0.2) is 4.79 Å². The summed E-state index contributed by atoms with van der Waals surface area (Å²) in [6.45, 7) is 1.52. The molecule has 23 heavy (non-hydrogen) atoms. The van der Waals surface area contributed by atoms with Crippen molar-refractivity contribution in [1.29, 1.82) is 0 Å². The number of alkyl halides is 2. The highest BCUT2D eigenvalue weighted by molar-refractivity contribution is 6.60. The Morgan fingerprint density at radius 2 is 1.87 bits per heavy atom. The number of ketones is 1. The van der Waals surface area contributed by atoms with E-state index in [4.69, 9.17) is 27.9 Å². The SMILES string of the molecule is O=C(OCc1ccccc1)N1CCC(C2CC(=O)C2(Cl)Cl)CC1. The fraction of sp³-hybridized carbons (Fsp3) is 0.529. The molecular weight excluding hydrogens is 337 g/mol. The Morgan fingerprint density at radius 3 is 2.43 bits per heavy atom. The minimum absolute atomic E-state index is 0.0147. The zero-order valence-corrected chi connectivity index (χ0v) is 14.2. The molecule has 1 amide bonds. The zero-order valence-electron chi connectivity index (χ0n) is 12.7. The number of benzene rings is 1. The number of Topliss-reactive ketones (excluding diaryl/α,β-unsaturated/α-hetero) is 1. The molecule has 1 aromatic rings. The number of hydrogen-bond donors (Lipinski definition) is 0. The average molecular weight is 356 g/mol. The summed E-state index contributed by atoms with van der Waals surface area (Å²) in [5.41, 5.74) is 0.970. The second-order valence-corrected chi connectivity index (χ2v) is 7.61. The molecule has 1 unspecified atom stereocenters. The molecule has 1 heterocycles. The number of halogens is 2. The number of rotatable bonds is 3. The first kappa shape index (κ1) is 16.6. The van der Waals surface area contributed by atoms with E-state index in [1.807, 2.05) is 30.3 Å². The lowest BCUT2D eigenvalue weighted by Gasteiger charge is -2.45. The quantitative estimate of drug-likeness (QED) is 0.774. The lowest BCUT2D eigenvalue weighted by Crippen LogP contribution is -2.53. The fourth-order valence-corrected chi connectivity index (χ4v) is 3.96. The van der Waals surface area contributed by atoms with Crippen LogP contribution in [0.3, 0.4) is 0 Å². The van der Waals surface area contributed by atoms with Crippen LogP contribution in [0.4, 0.5) is 4.79 Å². The van der Waals surface area contributed by atoms with Crippen LogP contribution in [-0.4, -0.2) is 34.2 Å². The second kappa shape index (κ2) is 6.70. The highest BCUT2D eigenvalue weighted by atomic mass is 35.5. The van der Waals surface area contributed by atoms with Gasteiger partial charge < -0.3 is 9.64 Å². The van der Waals surface area contributed by atoms with E-state index in [9.17, 15) is 9.59 Å². The Bertz CT molecular complexity index is 583. The number of hydrogen-bond acceptors (Lipinski definition) is 3. The minimum atomic E-state index is -1.22. The summed E-state index contributed by atoms with van der Waals surface area (Å²) in [5.74, 6) is 0.220. The fourth-order valence-electron chi connectivity index (χ4n) is 3.30. The van der Waals surface area contributed by atoms with Crippen LogP contribution in [0.1, 0.15) is 24.8 Å². The van der Waals surface area contributed by atoms with E-state index < -0.39 is 4.33 Å². The molecule has 124 valence electrons. The lowest BCUT2D eigenvalue weighted by atomic mass is 9.70. The number of amides is 1. The maximum atomic E-state index is 12.1. The van der Waals surface area contributed by atoms with Crippen molar-refractivity contribution in [3.63, 3.8) is 0 Å². The van der Waals surface area contributed by atoms with Gasteiger partial charge in [0, 0.05) is 25.4 Å². The average Bonchev–Trinajstić information content (AvgIpc) is 2.58. The van der Waals surface area contributed by atoms with E-state index in [2.05, 4.69) is 0 Å². The molecule has 0 aromatic heterocycles. The van der Waals surface area contributed by atoms with Crippen LogP contribution in [0, 0.1) is 11.8 Å². The van der Waals surface area contributed by atoms with Crippen molar-refractivity contribution in [1.82, 2.24) is 4.90 Å². The molecule has 0 N–H and O–H groups in total. The first-order valence-electron chi connectivity index (χ1n) is 7.85. The van der Waals surface area contributed by atoms with Gasteiger partial charge in [-0.1, -0.05) is 53.5 Å². The van der Waals surface area contributed by atoms with Gasteiger partial charge in [0.2, 0.25) is 0 Å². The molecule has 1 atom stereocenters. The number of likely N-dealkylation sites (tertiary alicyclic amines) is 1. The van der Waals surface area contributed by atoms with Crippen LogP contribution in [0.2, 0.25) is 0 Å². The maximum Gasteiger partial charge on any atom is 0.410 e. The Morgan fingerprint density at radius 1 is 1.22 bits per heavy atom. The van der Waals surface area contributed by atoms with Crippen LogP contribution < -0.4 is 0 Å². The van der Waals surface area contributed by atoms with Crippen molar-refractivity contribution in [3.05, 3.63) is 35.9 Å². The van der Waals surface area contributed by atoms with Crippen molar-refractivity contribution in [3.8, 4) is 0 Å². The van der Waals surface area contributed by atoms with Crippen molar-refractivity contribution in [2.24, 2.45) is 11.8 Å². The standard InChI is InChI=1S/C17H19Cl2NO3/c18-17(19)14(10-15(17)21)13-6-8-20(9-7-13)16(22)23-11-12-4-2-1-3-5-12/h1-5,13-14H,6-11H2. The highest BCUT2D eigenvalue weighted by Gasteiger charge is 2.55. The molecule has 1 saturated heterocycles. The lowest BCUT2D eigenvalue weighted by molar-refractivity contribution is -0.130. The molecular formula is C17H19Cl2NO3. The molecule has 6 heteroatoms. The number of ether oxygens (including phenoxy) is 1. The Balaban J connectivity index is 1.45. The summed E-state index contributed by atoms with van der Waals surface area (Å²) >= 11 is 12.2. The molecule has 4 nitrogen and oxygen atoms in total. The van der Waals surface area contributed by atoms with Gasteiger partial charge in [0.15, 0.2) is 10.1 Å². The summed E-state index contributed by atoms with van der Waals surface area (Å²) in [6.07, 6.45) is 1.77. The largest absolute Gasteiger partial charge is 0.445 e. The summed E-state index contributed by atoms with van der Waals surface area (Å²) < 4.78 is 4.12. The molecule has 3 rings (SSSR count). The topological polar surface area (TPSA) is 46.6 Å². The van der Waals surface area contributed by atoms with Gasteiger partial charge in [-0.2, -0.15) is 0 Å². The molecule has 1 aromatic carbocycles. The Kier molecular flexibility index (Phi) is 4.83. The normalized spacial score (nSPS) is 24.2. The number of piperidine rings is 1. The van der Waals surface area contributed by atoms with Gasteiger partial charge in [0.25, 0.3) is 0 Å². The third kappa shape index (κ3) is 3.48. The number of carbonyl (C=O) groups is 2. The van der Waals surface area contributed by atoms with Crippen LogP contribution in [-0.2, 0) is 16.1 Å². The third-order valence-electron chi connectivity index (χ3n) is 4.81. The molecule has 0 radical (unpaired) electrons. The molecule has 2 fully saturated rings. The first-order valence-corrected chi connectivity index (χ1v) is 8.61. The molecule has 1 aliphatic carbocycles.